The van der Waals surface area contributed by atoms with E-state index in [9.17, 15) is 9.90 Å². The first kappa shape index (κ1) is 18.0. The first-order chi connectivity index (χ1) is 11.4. The van der Waals surface area contributed by atoms with E-state index >= 15 is 0 Å². The van der Waals surface area contributed by atoms with Crippen molar-refractivity contribution in [3.05, 3.63) is 46.8 Å². The van der Waals surface area contributed by atoms with Gasteiger partial charge in [-0.25, -0.2) is 0 Å². The molecule has 0 saturated heterocycles. The molecule has 130 valence electrons. The van der Waals surface area contributed by atoms with Crippen molar-refractivity contribution in [3.8, 4) is 5.75 Å². The van der Waals surface area contributed by atoms with Gasteiger partial charge in [-0.15, -0.1) is 0 Å². The molecule has 2 rings (SSSR count). The van der Waals surface area contributed by atoms with Gasteiger partial charge >= 0.3 is 0 Å². The van der Waals surface area contributed by atoms with E-state index in [4.69, 9.17) is 14.4 Å². The van der Waals surface area contributed by atoms with E-state index in [2.05, 4.69) is 5.16 Å². The van der Waals surface area contributed by atoms with Crippen LogP contribution in [0, 0.1) is 13.8 Å². The summed E-state index contributed by atoms with van der Waals surface area (Å²) >= 11 is 0. The highest BCUT2D eigenvalue weighted by molar-refractivity contribution is 5.92. The molecule has 1 aromatic heterocycles. The number of likely N-dealkylation sites (N-methyl/N-ethyl adjacent to an activating group) is 1. The van der Waals surface area contributed by atoms with Gasteiger partial charge in [0.05, 0.1) is 12.7 Å². The Morgan fingerprint density at radius 2 is 2.12 bits per heavy atom. The predicted octanol–water partition coefficient (Wildman–Crippen LogP) is 1.30. The van der Waals surface area contributed by atoms with Crippen LogP contribution in [0.1, 0.15) is 27.4 Å². The highest BCUT2D eigenvalue weighted by Crippen LogP contribution is 2.20. The summed E-state index contributed by atoms with van der Waals surface area (Å²) in [5, 5.41) is 21.9. The van der Waals surface area contributed by atoms with Gasteiger partial charge in [0, 0.05) is 19.7 Å². The monoisotopic (exact) mass is 334 g/mol. The smallest absolute Gasteiger partial charge is 0.275 e. The van der Waals surface area contributed by atoms with Crippen LogP contribution in [-0.2, 0) is 6.61 Å². The lowest BCUT2D eigenvalue weighted by molar-refractivity contribution is 0.0513. The van der Waals surface area contributed by atoms with Gasteiger partial charge in [0.1, 0.15) is 12.4 Å². The summed E-state index contributed by atoms with van der Waals surface area (Å²) in [6.07, 6.45) is -0.988. The van der Waals surface area contributed by atoms with Crippen LogP contribution in [0.25, 0.3) is 0 Å². The van der Waals surface area contributed by atoms with E-state index in [1.165, 1.54) is 18.0 Å². The number of aliphatic hydroxyl groups is 2. The van der Waals surface area contributed by atoms with E-state index in [0.717, 1.165) is 16.9 Å². The number of nitrogens with zero attached hydrogens (tertiary/aromatic N) is 2. The molecule has 0 aliphatic carbocycles. The summed E-state index contributed by atoms with van der Waals surface area (Å²) < 4.78 is 10.8. The number of carbonyl (C=O) groups excluding carboxylic acids is 1. The Morgan fingerprint density at radius 3 is 2.83 bits per heavy atom. The third-order valence-corrected chi connectivity index (χ3v) is 3.53. The van der Waals surface area contributed by atoms with Crippen molar-refractivity contribution in [2.75, 3.05) is 20.2 Å². The molecule has 1 amide bonds. The number of rotatable bonds is 7. The van der Waals surface area contributed by atoms with Gasteiger partial charge in [-0.3, -0.25) is 4.79 Å². The molecule has 1 aromatic carbocycles. The molecule has 0 fully saturated rings. The Balaban J connectivity index is 1.97. The van der Waals surface area contributed by atoms with Crippen molar-refractivity contribution in [3.63, 3.8) is 0 Å². The second-order valence-electron chi connectivity index (χ2n) is 5.76. The quantitative estimate of drug-likeness (QED) is 0.792. The zero-order chi connectivity index (χ0) is 17.7. The largest absolute Gasteiger partial charge is 0.485 e. The molecule has 1 heterocycles. The molecule has 0 aliphatic rings. The molecule has 2 N–H and O–H groups in total. The highest BCUT2D eigenvalue weighted by atomic mass is 16.5. The van der Waals surface area contributed by atoms with Crippen LogP contribution in [0.4, 0.5) is 0 Å². The lowest BCUT2D eigenvalue weighted by Crippen LogP contribution is -2.36. The third-order valence-electron chi connectivity index (χ3n) is 3.53. The van der Waals surface area contributed by atoms with E-state index in [1.54, 1.807) is 0 Å². The standard InChI is InChI=1S/C17H22N2O5/c1-11-4-5-12(2)16(6-11)23-10-14-7-15(18-24-14)17(22)19(3)8-13(21)9-20/h4-7,13,20-21H,8-10H2,1-3H3. The average molecular weight is 334 g/mol. The second kappa shape index (κ2) is 7.94. The minimum Gasteiger partial charge on any atom is -0.485 e. The Bertz CT molecular complexity index is 698. The lowest BCUT2D eigenvalue weighted by Gasteiger charge is -2.18. The Labute approximate surface area is 140 Å². The van der Waals surface area contributed by atoms with Gasteiger partial charge in [-0.2, -0.15) is 0 Å². The van der Waals surface area contributed by atoms with Crippen LogP contribution in [0.5, 0.6) is 5.75 Å². The molecule has 2 aromatic rings. The van der Waals surface area contributed by atoms with Crippen molar-refractivity contribution >= 4 is 5.91 Å². The van der Waals surface area contributed by atoms with Crippen molar-refractivity contribution in [1.29, 1.82) is 0 Å². The second-order valence-corrected chi connectivity index (χ2v) is 5.76. The van der Waals surface area contributed by atoms with Crippen molar-refractivity contribution in [2.45, 2.75) is 26.6 Å². The molecular weight excluding hydrogens is 312 g/mol. The van der Waals surface area contributed by atoms with E-state index in [1.807, 2.05) is 32.0 Å². The third kappa shape index (κ3) is 4.56. The van der Waals surface area contributed by atoms with Gasteiger partial charge in [0.2, 0.25) is 0 Å². The molecule has 1 atom stereocenters. The predicted molar refractivity (Wildman–Crippen MR) is 86.8 cm³/mol. The number of benzene rings is 1. The topological polar surface area (TPSA) is 96.0 Å². The molecule has 0 bridgehead atoms. The Morgan fingerprint density at radius 1 is 1.38 bits per heavy atom. The molecular formula is C17H22N2O5. The maximum atomic E-state index is 12.2. The van der Waals surface area contributed by atoms with Gasteiger partial charge in [0.15, 0.2) is 11.5 Å². The number of hydrogen-bond donors (Lipinski definition) is 2. The van der Waals surface area contributed by atoms with Crippen LogP contribution in [0.3, 0.4) is 0 Å². The van der Waals surface area contributed by atoms with E-state index < -0.39 is 18.6 Å². The molecule has 0 spiro atoms. The zero-order valence-corrected chi connectivity index (χ0v) is 14.0. The number of aliphatic hydroxyl groups excluding tert-OH is 2. The molecule has 0 saturated carbocycles. The van der Waals surface area contributed by atoms with Crippen LogP contribution in [-0.4, -0.2) is 52.5 Å². The molecule has 7 heteroatoms. The minimum atomic E-state index is -0.988. The van der Waals surface area contributed by atoms with Crippen LogP contribution >= 0.6 is 0 Å². The number of amides is 1. The normalized spacial score (nSPS) is 12.0. The number of ether oxygens (including phenoxy) is 1. The molecule has 1 unspecified atom stereocenters. The molecule has 0 radical (unpaired) electrons. The summed E-state index contributed by atoms with van der Waals surface area (Å²) in [5.74, 6) is 0.780. The zero-order valence-electron chi connectivity index (χ0n) is 14.0. The van der Waals surface area contributed by atoms with Gasteiger partial charge in [-0.05, 0) is 31.0 Å². The minimum absolute atomic E-state index is 0.0104. The number of aromatic nitrogens is 1. The Kier molecular flexibility index (Phi) is 5.94. The summed E-state index contributed by atoms with van der Waals surface area (Å²) in [5.41, 5.74) is 2.23. The van der Waals surface area contributed by atoms with Crippen molar-refractivity contribution in [2.24, 2.45) is 0 Å². The molecule has 24 heavy (non-hydrogen) atoms. The van der Waals surface area contributed by atoms with Crippen LogP contribution < -0.4 is 4.74 Å². The lowest BCUT2D eigenvalue weighted by atomic mass is 10.1. The van der Waals surface area contributed by atoms with E-state index in [-0.39, 0.29) is 18.8 Å². The molecule has 0 aliphatic heterocycles. The summed E-state index contributed by atoms with van der Waals surface area (Å²) in [6, 6.07) is 7.42. The van der Waals surface area contributed by atoms with Crippen LogP contribution in [0.2, 0.25) is 0 Å². The fourth-order valence-electron chi connectivity index (χ4n) is 2.15. The van der Waals surface area contributed by atoms with Crippen molar-refractivity contribution in [1.82, 2.24) is 10.1 Å². The summed E-state index contributed by atoms with van der Waals surface area (Å²) in [6.45, 7) is 3.69. The number of hydrogen-bond acceptors (Lipinski definition) is 6. The maximum Gasteiger partial charge on any atom is 0.275 e. The highest BCUT2D eigenvalue weighted by Gasteiger charge is 2.19. The first-order valence-electron chi connectivity index (χ1n) is 7.60. The van der Waals surface area contributed by atoms with Gasteiger partial charge < -0.3 is 24.4 Å². The molecule has 7 nitrogen and oxygen atoms in total. The SMILES string of the molecule is Cc1ccc(C)c(OCc2cc(C(=O)N(C)CC(O)CO)no2)c1. The first-order valence-corrected chi connectivity index (χ1v) is 7.60. The maximum absolute atomic E-state index is 12.2. The summed E-state index contributed by atoms with van der Waals surface area (Å²) in [7, 11) is 1.52. The Hall–Kier alpha value is -2.38. The fourth-order valence-corrected chi connectivity index (χ4v) is 2.15. The summed E-state index contributed by atoms with van der Waals surface area (Å²) in [4.78, 5) is 13.4. The van der Waals surface area contributed by atoms with Crippen LogP contribution in [0.15, 0.2) is 28.8 Å². The van der Waals surface area contributed by atoms with Crippen molar-refractivity contribution < 1.29 is 24.3 Å². The average Bonchev–Trinajstić information content (AvgIpc) is 3.03. The van der Waals surface area contributed by atoms with Gasteiger partial charge in [-0.1, -0.05) is 17.3 Å². The number of aryl methyl sites for hydroxylation is 2. The van der Waals surface area contributed by atoms with Gasteiger partial charge in [0.25, 0.3) is 5.91 Å². The number of carbonyl (C=O) groups is 1. The van der Waals surface area contributed by atoms with E-state index in [0.29, 0.717) is 5.76 Å². The fraction of sp³-hybridized carbons (Fsp3) is 0.412.